The molecule has 0 spiro atoms. The van der Waals surface area contributed by atoms with Crippen molar-refractivity contribution in [3.8, 4) is 0 Å². The van der Waals surface area contributed by atoms with Gasteiger partial charge in [-0.05, 0) is 44.9 Å². The van der Waals surface area contributed by atoms with E-state index in [-0.39, 0.29) is 12.5 Å². The molecule has 1 saturated heterocycles. The van der Waals surface area contributed by atoms with Gasteiger partial charge in [-0.1, -0.05) is 237 Å². The Kier molecular flexibility index (Phi) is 43.1. The summed E-state index contributed by atoms with van der Waals surface area (Å²) < 4.78 is 11.3. The lowest BCUT2D eigenvalue weighted by Gasteiger charge is -2.40. The quantitative estimate of drug-likeness (QED) is 0.0261. The second-order valence-corrected chi connectivity index (χ2v) is 19.4. The zero-order valence-electron chi connectivity index (χ0n) is 41.8. The lowest BCUT2D eigenvalue weighted by Crippen LogP contribution is -2.60. The van der Waals surface area contributed by atoms with E-state index in [2.05, 4.69) is 43.5 Å². The van der Waals surface area contributed by atoms with Gasteiger partial charge in [0, 0.05) is 6.42 Å². The molecule has 6 N–H and O–H groups in total. The first-order chi connectivity index (χ1) is 31.3. The van der Waals surface area contributed by atoms with E-state index in [1.54, 1.807) is 0 Å². The highest BCUT2D eigenvalue weighted by Gasteiger charge is 2.44. The van der Waals surface area contributed by atoms with Crippen LogP contribution in [-0.4, -0.2) is 87.5 Å². The van der Waals surface area contributed by atoms with Crippen LogP contribution in [0.25, 0.3) is 0 Å². The van der Waals surface area contributed by atoms with Gasteiger partial charge in [-0.15, -0.1) is 0 Å². The SMILES string of the molecule is CCCCCCCCCCC/C=C\C/C=C\CCCCCCCCCC(=O)NC(COC1OC(CO)C(O)C(O)C1O)C(O)CCCCCCCCCCCCCCCCCCCC. The van der Waals surface area contributed by atoms with Crippen LogP contribution in [0.2, 0.25) is 0 Å². The molecule has 378 valence electrons. The van der Waals surface area contributed by atoms with Crippen molar-refractivity contribution in [3.05, 3.63) is 24.3 Å². The summed E-state index contributed by atoms with van der Waals surface area (Å²) in [6.45, 7) is 3.86. The minimum Gasteiger partial charge on any atom is -0.394 e. The highest BCUT2D eigenvalue weighted by Crippen LogP contribution is 2.23. The number of hydrogen-bond acceptors (Lipinski definition) is 8. The summed E-state index contributed by atoms with van der Waals surface area (Å²) in [7, 11) is 0. The topological polar surface area (TPSA) is 149 Å². The third-order valence-corrected chi connectivity index (χ3v) is 13.3. The van der Waals surface area contributed by atoms with E-state index in [4.69, 9.17) is 9.47 Å². The van der Waals surface area contributed by atoms with Gasteiger partial charge in [-0.3, -0.25) is 4.79 Å². The number of unbranched alkanes of at least 4 members (excludes halogenated alkanes) is 33. The maximum atomic E-state index is 13.1. The van der Waals surface area contributed by atoms with Gasteiger partial charge >= 0.3 is 0 Å². The van der Waals surface area contributed by atoms with Crippen LogP contribution in [0.15, 0.2) is 24.3 Å². The number of carbonyl (C=O) groups excluding carboxylic acids is 1. The van der Waals surface area contributed by atoms with E-state index in [0.717, 1.165) is 51.4 Å². The molecule has 64 heavy (non-hydrogen) atoms. The fraction of sp³-hybridized carbons (Fsp3) is 0.909. The van der Waals surface area contributed by atoms with E-state index in [1.165, 1.54) is 186 Å². The summed E-state index contributed by atoms with van der Waals surface area (Å²) in [4.78, 5) is 13.1. The maximum absolute atomic E-state index is 13.1. The van der Waals surface area contributed by atoms with Gasteiger partial charge in [0.2, 0.25) is 5.91 Å². The number of hydrogen-bond donors (Lipinski definition) is 6. The number of aliphatic hydroxyl groups excluding tert-OH is 5. The zero-order chi connectivity index (χ0) is 46.6. The Morgan fingerprint density at radius 1 is 0.531 bits per heavy atom. The third-order valence-electron chi connectivity index (χ3n) is 13.3. The van der Waals surface area contributed by atoms with E-state index in [0.29, 0.717) is 12.8 Å². The van der Waals surface area contributed by atoms with Crippen LogP contribution >= 0.6 is 0 Å². The lowest BCUT2D eigenvalue weighted by atomic mass is 9.99. The highest BCUT2D eigenvalue weighted by molar-refractivity contribution is 5.76. The van der Waals surface area contributed by atoms with Crippen molar-refractivity contribution >= 4 is 5.91 Å². The van der Waals surface area contributed by atoms with E-state index >= 15 is 0 Å². The van der Waals surface area contributed by atoms with Crippen LogP contribution < -0.4 is 5.32 Å². The van der Waals surface area contributed by atoms with E-state index in [9.17, 15) is 30.3 Å². The second-order valence-electron chi connectivity index (χ2n) is 19.4. The molecular formula is C55H105NO8. The summed E-state index contributed by atoms with van der Waals surface area (Å²) in [6.07, 6.45) is 49.1. The van der Waals surface area contributed by atoms with Crippen LogP contribution in [0, 0.1) is 0 Å². The average Bonchev–Trinajstić information content (AvgIpc) is 3.29. The predicted molar refractivity (Wildman–Crippen MR) is 267 cm³/mol. The molecule has 7 atom stereocenters. The molecule has 1 aliphatic heterocycles. The van der Waals surface area contributed by atoms with Crippen molar-refractivity contribution in [2.24, 2.45) is 0 Å². The second kappa shape index (κ2) is 45.5. The summed E-state index contributed by atoms with van der Waals surface area (Å²) in [5.74, 6) is -0.149. The van der Waals surface area contributed by atoms with Crippen molar-refractivity contribution in [1.82, 2.24) is 5.32 Å². The van der Waals surface area contributed by atoms with Gasteiger partial charge < -0.3 is 40.3 Å². The molecular weight excluding hydrogens is 803 g/mol. The standard InChI is InChI=1S/C55H105NO8/c1-3-5-7-9-11-13-15-17-19-21-23-24-25-26-27-29-31-33-35-37-39-41-43-45-51(59)56-48(47-63-55-54(62)53(61)52(60)50(46-57)64-55)49(58)44-42-40-38-36-34-32-30-28-22-20-18-16-14-12-10-8-6-4-2/h23-24,26-27,48-50,52-55,57-58,60-62H,3-22,25,28-47H2,1-2H3,(H,56,59)/b24-23-,27-26-. The first kappa shape index (κ1) is 60.7. The van der Waals surface area contributed by atoms with Crippen LogP contribution in [0.1, 0.15) is 264 Å². The lowest BCUT2D eigenvalue weighted by molar-refractivity contribution is -0.302. The van der Waals surface area contributed by atoms with Crippen molar-refractivity contribution in [3.63, 3.8) is 0 Å². The Morgan fingerprint density at radius 3 is 1.34 bits per heavy atom. The molecule has 7 unspecified atom stereocenters. The molecule has 0 aromatic rings. The average molecular weight is 908 g/mol. The number of nitrogens with one attached hydrogen (secondary N) is 1. The number of amides is 1. The minimum atomic E-state index is -1.55. The molecule has 0 aliphatic carbocycles. The van der Waals surface area contributed by atoms with E-state index < -0.39 is 49.5 Å². The Morgan fingerprint density at radius 2 is 0.922 bits per heavy atom. The fourth-order valence-electron chi connectivity index (χ4n) is 8.90. The van der Waals surface area contributed by atoms with Gasteiger partial charge in [0.05, 0.1) is 25.4 Å². The van der Waals surface area contributed by atoms with Gasteiger partial charge in [0.1, 0.15) is 24.4 Å². The zero-order valence-corrected chi connectivity index (χ0v) is 41.8. The minimum absolute atomic E-state index is 0.139. The molecule has 1 heterocycles. The Bertz CT molecular complexity index is 1060. The Hall–Kier alpha value is -1.33. The predicted octanol–water partition coefficient (Wildman–Crippen LogP) is 13.0. The van der Waals surface area contributed by atoms with Gasteiger partial charge in [0.15, 0.2) is 6.29 Å². The van der Waals surface area contributed by atoms with Crippen LogP contribution in [0.3, 0.4) is 0 Å². The molecule has 9 heteroatoms. The Labute approximate surface area is 394 Å². The Balaban J connectivity index is 2.24. The largest absolute Gasteiger partial charge is 0.394 e. The van der Waals surface area contributed by atoms with Gasteiger partial charge in [0.25, 0.3) is 0 Å². The van der Waals surface area contributed by atoms with Crippen LogP contribution in [-0.2, 0) is 14.3 Å². The van der Waals surface area contributed by atoms with Crippen molar-refractivity contribution in [2.75, 3.05) is 13.2 Å². The van der Waals surface area contributed by atoms with Crippen molar-refractivity contribution in [2.45, 2.75) is 307 Å². The molecule has 1 fully saturated rings. The van der Waals surface area contributed by atoms with Crippen molar-refractivity contribution in [1.29, 1.82) is 0 Å². The van der Waals surface area contributed by atoms with E-state index in [1.807, 2.05) is 0 Å². The monoisotopic (exact) mass is 908 g/mol. The smallest absolute Gasteiger partial charge is 0.220 e. The molecule has 0 saturated carbocycles. The third kappa shape index (κ3) is 34.9. The summed E-state index contributed by atoms with van der Waals surface area (Å²) in [5, 5.41) is 54.6. The van der Waals surface area contributed by atoms with Gasteiger partial charge in [-0.25, -0.2) is 0 Å². The van der Waals surface area contributed by atoms with Crippen molar-refractivity contribution < 1.29 is 39.8 Å². The summed E-state index contributed by atoms with van der Waals surface area (Å²) in [6, 6.07) is -0.722. The summed E-state index contributed by atoms with van der Waals surface area (Å²) >= 11 is 0. The highest BCUT2D eigenvalue weighted by atomic mass is 16.7. The molecule has 0 radical (unpaired) electrons. The fourth-order valence-corrected chi connectivity index (χ4v) is 8.90. The molecule has 0 aromatic carbocycles. The molecule has 0 aromatic heterocycles. The molecule has 9 nitrogen and oxygen atoms in total. The molecule has 0 bridgehead atoms. The normalized spacial score (nSPS) is 20.1. The molecule has 1 amide bonds. The van der Waals surface area contributed by atoms with Crippen LogP contribution in [0.5, 0.6) is 0 Å². The number of rotatable bonds is 47. The van der Waals surface area contributed by atoms with Crippen LogP contribution in [0.4, 0.5) is 0 Å². The maximum Gasteiger partial charge on any atom is 0.220 e. The number of aliphatic hydroxyl groups is 5. The number of allylic oxidation sites excluding steroid dienone is 4. The first-order valence-electron chi connectivity index (χ1n) is 27.5. The molecule has 1 rings (SSSR count). The van der Waals surface area contributed by atoms with Gasteiger partial charge in [-0.2, -0.15) is 0 Å². The number of ether oxygens (including phenoxy) is 2. The molecule has 1 aliphatic rings. The number of carbonyl (C=O) groups is 1. The first-order valence-corrected chi connectivity index (χ1v) is 27.5. The summed E-state index contributed by atoms with van der Waals surface area (Å²) in [5.41, 5.74) is 0.